The minimum atomic E-state index is -0.0227. The maximum Gasteiger partial charge on any atom is 0.254 e. The highest BCUT2D eigenvalue weighted by Crippen LogP contribution is 2.30. The maximum absolute atomic E-state index is 12.4. The fraction of sp³-hybridized carbons (Fsp3) is 0.400. The average molecular weight is 262 g/mol. The van der Waals surface area contributed by atoms with Gasteiger partial charge < -0.3 is 4.90 Å². The van der Waals surface area contributed by atoms with Crippen LogP contribution in [0.15, 0.2) is 18.2 Å². The highest BCUT2D eigenvalue weighted by Gasteiger charge is 2.27. The van der Waals surface area contributed by atoms with Crippen molar-refractivity contribution in [3.63, 3.8) is 0 Å². The summed E-state index contributed by atoms with van der Waals surface area (Å²) in [7, 11) is 0. The number of amides is 1. The largest absolute Gasteiger partial charge is 0.327 e. The molecule has 0 aliphatic heterocycles. The van der Waals surface area contributed by atoms with Crippen molar-refractivity contribution in [1.82, 2.24) is 4.90 Å². The summed E-state index contributed by atoms with van der Waals surface area (Å²) in [5.41, 5.74) is 1.61. The van der Waals surface area contributed by atoms with Crippen LogP contribution in [0.25, 0.3) is 0 Å². The van der Waals surface area contributed by atoms with Crippen molar-refractivity contribution in [2.75, 3.05) is 13.1 Å². The van der Waals surface area contributed by atoms with Crippen molar-refractivity contribution in [2.24, 2.45) is 5.92 Å². The molecule has 0 N–H and O–H groups in total. The van der Waals surface area contributed by atoms with E-state index in [4.69, 9.17) is 18.0 Å². The molecule has 3 heteroatoms. The Bertz CT molecular complexity index is 479. The average Bonchev–Trinajstić information content (AvgIpc) is 3.10. The summed E-state index contributed by atoms with van der Waals surface area (Å²) in [6, 6.07) is 5.39. The molecule has 0 spiro atoms. The smallest absolute Gasteiger partial charge is 0.254 e. The number of carbonyl (C=O) groups excluding carboxylic acids is 1. The number of nitrogens with zero attached hydrogens (tertiary/aromatic N) is 1. The van der Waals surface area contributed by atoms with Crippen molar-refractivity contribution in [3.05, 3.63) is 34.3 Å². The predicted molar refractivity (Wildman–Crippen MR) is 73.6 cm³/mol. The Morgan fingerprint density at radius 2 is 2.22 bits per heavy atom. The van der Waals surface area contributed by atoms with Crippen molar-refractivity contribution in [2.45, 2.75) is 19.8 Å². The van der Waals surface area contributed by atoms with Crippen LogP contribution in [-0.4, -0.2) is 23.9 Å². The van der Waals surface area contributed by atoms with Crippen LogP contribution in [-0.2, 0) is 0 Å². The first kappa shape index (κ1) is 13.0. The Kier molecular flexibility index (Phi) is 3.93. The lowest BCUT2D eigenvalue weighted by molar-refractivity contribution is 0.0769. The van der Waals surface area contributed by atoms with E-state index >= 15 is 0 Å². The quantitative estimate of drug-likeness (QED) is 0.763. The molecule has 2 rings (SSSR count). The van der Waals surface area contributed by atoms with Crippen LogP contribution in [0.2, 0.25) is 5.02 Å². The lowest BCUT2D eigenvalue weighted by atomic mass is 10.1. The molecule has 1 aromatic rings. The van der Waals surface area contributed by atoms with Gasteiger partial charge in [-0.2, -0.15) is 0 Å². The van der Waals surface area contributed by atoms with E-state index in [0.717, 1.165) is 12.1 Å². The molecule has 0 unspecified atom stereocenters. The molecule has 18 heavy (non-hydrogen) atoms. The standard InChI is InChI=1S/C15H16ClNO/c1-3-6-17(10-12-4-5-12)15(18)13-7-11(2)8-14(16)9-13/h1,7-9,12H,4-6,10H2,2H3. The van der Waals surface area contributed by atoms with E-state index in [2.05, 4.69) is 5.92 Å². The van der Waals surface area contributed by atoms with E-state index in [-0.39, 0.29) is 5.91 Å². The molecule has 94 valence electrons. The van der Waals surface area contributed by atoms with Crippen LogP contribution in [0, 0.1) is 25.2 Å². The molecule has 0 bridgehead atoms. The van der Waals surface area contributed by atoms with E-state index in [1.54, 1.807) is 11.0 Å². The summed E-state index contributed by atoms with van der Waals surface area (Å²) < 4.78 is 0. The summed E-state index contributed by atoms with van der Waals surface area (Å²) in [5, 5.41) is 0.588. The summed E-state index contributed by atoms with van der Waals surface area (Å²) in [5.74, 6) is 3.16. The van der Waals surface area contributed by atoms with E-state index in [9.17, 15) is 4.79 Å². The first-order chi connectivity index (χ1) is 8.60. The summed E-state index contributed by atoms with van der Waals surface area (Å²) in [6.45, 7) is 3.05. The lowest BCUT2D eigenvalue weighted by Gasteiger charge is -2.20. The van der Waals surface area contributed by atoms with Crippen LogP contribution in [0.1, 0.15) is 28.8 Å². The number of terminal acetylenes is 1. The summed E-state index contributed by atoms with van der Waals surface area (Å²) in [6.07, 6.45) is 7.73. The highest BCUT2D eigenvalue weighted by atomic mass is 35.5. The number of rotatable bonds is 4. The summed E-state index contributed by atoms with van der Waals surface area (Å²) in [4.78, 5) is 14.1. The fourth-order valence-electron chi connectivity index (χ4n) is 1.98. The van der Waals surface area contributed by atoms with Crippen LogP contribution < -0.4 is 0 Å². The molecule has 1 saturated carbocycles. The van der Waals surface area contributed by atoms with E-state index < -0.39 is 0 Å². The zero-order valence-electron chi connectivity index (χ0n) is 10.4. The first-order valence-corrected chi connectivity index (χ1v) is 6.48. The van der Waals surface area contributed by atoms with E-state index in [1.807, 2.05) is 19.1 Å². The number of benzene rings is 1. The van der Waals surface area contributed by atoms with Gasteiger partial charge in [-0.15, -0.1) is 6.42 Å². The number of hydrogen-bond acceptors (Lipinski definition) is 1. The van der Waals surface area contributed by atoms with Gasteiger partial charge in [-0.1, -0.05) is 17.5 Å². The van der Waals surface area contributed by atoms with Crippen LogP contribution in [0.3, 0.4) is 0 Å². The van der Waals surface area contributed by atoms with E-state index in [1.165, 1.54) is 12.8 Å². The monoisotopic (exact) mass is 261 g/mol. The van der Waals surface area contributed by atoms with Crippen LogP contribution in [0.5, 0.6) is 0 Å². The molecule has 0 saturated heterocycles. The van der Waals surface area contributed by atoms with Crippen LogP contribution in [0.4, 0.5) is 0 Å². The van der Waals surface area contributed by atoms with Crippen molar-refractivity contribution >= 4 is 17.5 Å². The maximum atomic E-state index is 12.4. The lowest BCUT2D eigenvalue weighted by Crippen LogP contribution is -2.33. The predicted octanol–water partition coefficient (Wildman–Crippen LogP) is 3.13. The minimum absolute atomic E-state index is 0.0227. The third-order valence-corrected chi connectivity index (χ3v) is 3.25. The SMILES string of the molecule is C#CCN(CC1CC1)C(=O)c1cc(C)cc(Cl)c1. The molecule has 0 heterocycles. The molecule has 2 nitrogen and oxygen atoms in total. The van der Waals surface area contributed by atoms with Gasteiger partial charge in [0, 0.05) is 17.1 Å². The van der Waals surface area contributed by atoms with Gasteiger partial charge in [0.25, 0.3) is 5.91 Å². The van der Waals surface area contributed by atoms with Gasteiger partial charge in [-0.3, -0.25) is 4.79 Å². The van der Waals surface area contributed by atoms with Gasteiger partial charge in [-0.05, 0) is 49.4 Å². The van der Waals surface area contributed by atoms with Gasteiger partial charge in [0.15, 0.2) is 0 Å². The number of carbonyl (C=O) groups is 1. The van der Waals surface area contributed by atoms with Crippen molar-refractivity contribution in [3.8, 4) is 12.3 Å². The number of aryl methyl sites for hydroxylation is 1. The van der Waals surface area contributed by atoms with Gasteiger partial charge in [0.2, 0.25) is 0 Å². The summed E-state index contributed by atoms with van der Waals surface area (Å²) >= 11 is 5.98. The molecular formula is C15H16ClNO. The number of hydrogen-bond donors (Lipinski definition) is 0. The minimum Gasteiger partial charge on any atom is -0.327 e. The Hall–Kier alpha value is -1.46. The molecular weight excluding hydrogens is 246 g/mol. The van der Waals surface area contributed by atoms with Crippen LogP contribution >= 0.6 is 11.6 Å². The molecule has 0 atom stereocenters. The van der Waals surface area contributed by atoms with Gasteiger partial charge in [0.1, 0.15) is 0 Å². The zero-order chi connectivity index (χ0) is 13.1. The molecule has 1 amide bonds. The Labute approximate surface area is 113 Å². The second kappa shape index (κ2) is 5.46. The number of halogens is 1. The normalized spacial score (nSPS) is 14.1. The van der Waals surface area contributed by atoms with Crippen molar-refractivity contribution in [1.29, 1.82) is 0 Å². The molecule has 1 aliphatic rings. The van der Waals surface area contributed by atoms with Gasteiger partial charge in [-0.25, -0.2) is 0 Å². The second-order valence-corrected chi connectivity index (χ2v) is 5.29. The Morgan fingerprint density at radius 3 is 2.78 bits per heavy atom. The van der Waals surface area contributed by atoms with Gasteiger partial charge in [0.05, 0.1) is 6.54 Å². The highest BCUT2D eigenvalue weighted by molar-refractivity contribution is 6.31. The fourth-order valence-corrected chi connectivity index (χ4v) is 2.27. The Morgan fingerprint density at radius 1 is 1.50 bits per heavy atom. The second-order valence-electron chi connectivity index (χ2n) is 4.85. The molecule has 1 fully saturated rings. The third-order valence-electron chi connectivity index (χ3n) is 3.03. The first-order valence-electron chi connectivity index (χ1n) is 6.10. The van der Waals surface area contributed by atoms with Crippen molar-refractivity contribution < 1.29 is 4.79 Å². The Balaban J connectivity index is 2.18. The zero-order valence-corrected chi connectivity index (χ0v) is 11.2. The molecule has 1 aliphatic carbocycles. The van der Waals surface area contributed by atoms with Gasteiger partial charge >= 0.3 is 0 Å². The topological polar surface area (TPSA) is 20.3 Å². The molecule has 1 aromatic carbocycles. The molecule has 0 radical (unpaired) electrons. The third kappa shape index (κ3) is 3.27. The van der Waals surface area contributed by atoms with E-state index in [0.29, 0.717) is 23.0 Å². The molecule has 0 aromatic heterocycles.